The summed E-state index contributed by atoms with van der Waals surface area (Å²) in [7, 11) is 0. The molecule has 0 spiro atoms. The summed E-state index contributed by atoms with van der Waals surface area (Å²) in [6, 6.07) is 10.3. The number of benzene rings is 1. The molecule has 1 aliphatic heterocycles. The van der Waals surface area contributed by atoms with Crippen LogP contribution in [0.15, 0.2) is 35.3 Å². The van der Waals surface area contributed by atoms with Crippen LogP contribution in [-0.2, 0) is 0 Å². The summed E-state index contributed by atoms with van der Waals surface area (Å²) >= 11 is 0. The molecule has 0 amide bonds. The summed E-state index contributed by atoms with van der Waals surface area (Å²) in [6.07, 6.45) is 0. The molecule has 2 rings (SSSR count). The van der Waals surface area contributed by atoms with Crippen LogP contribution in [-0.4, -0.2) is 31.7 Å². The van der Waals surface area contributed by atoms with E-state index in [0.717, 1.165) is 24.8 Å². The highest BCUT2D eigenvalue weighted by Crippen LogP contribution is 2.07. The minimum absolute atomic E-state index is 0.442. The predicted octanol–water partition coefficient (Wildman–Crippen LogP) is 1.00. The van der Waals surface area contributed by atoms with Crippen LogP contribution in [0.1, 0.15) is 6.92 Å². The van der Waals surface area contributed by atoms with E-state index < -0.39 is 0 Å². The largest absolute Gasteiger partial charge is 0.492 e. The van der Waals surface area contributed by atoms with Crippen molar-refractivity contribution in [1.29, 1.82) is 0 Å². The zero-order chi connectivity index (χ0) is 11.2. The third-order valence-corrected chi connectivity index (χ3v) is 2.31. The molecule has 0 bridgehead atoms. The van der Waals surface area contributed by atoms with Crippen molar-refractivity contribution >= 4 is 5.96 Å². The maximum Gasteiger partial charge on any atom is 0.191 e. The summed E-state index contributed by atoms with van der Waals surface area (Å²) in [4.78, 5) is 4.30. The number of rotatable bonds is 4. The normalized spacial score (nSPS) is 18.8. The lowest BCUT2D eigenvalue weighted by Crippen LogP contribution is -2.39. The van der Waals surface area contributed by atoms with Crippen LogP contribution in [0.3, 0.4) is 0 Å². The van der Waals surface area contributed by atoms with E-state index in [1.807, 2.05) is 30.3 Å². The molecule has 0 radical (unpaired) electrons. The number of hydrogen-bond acceptors (Lipinski definition) is 4. The van der Waals surface area contributed by atoms with Crippen LogP contribution >= 0.6 is 0 Å². The first-order chi connectivity index (χ1) is 7.84. The second-order valence-corrected chi connectivity index (χ2v) is 3.82. The van der Waals surface area contributed by atoms with Gasteiger partial charge in [0.2, 0.25) is 0 Å². The molecular weight excluding hydrogens is 202 g/mol. The Labute approximate surface area is 95.7 Å². The van der Waals surface area contributed by atoms with Gasteiger partial charge in [0.25, 0.3) is 0 Å². The lowest BCUT2D eigenvalue weighted by atomic mass is 10.3. The van der Waals surface area contributed by atoms with Crippen molar-refractivity contribution < 1.29 is 4.74 Å². The number of para-hydroxylation sites is 1. The fraction of sp³-hybridized carbons (Fsp3) is 0.417. The van der Waals surface area contributed by atoms with E-state index in [4.69, 9.17) is 4.74 Å². The second kappa shape index (κ2) is 5.39. The minimum atomic E-state index is 0.442. The van der Waals surface area contributed by atoms with Gasteiger partial charge in [-0.25, -0.2) is 0 Å². The molecule has 4 nitrogen and oxygen atoms in total. The maximum atomic E-state index is 5.55. The molecule has 1 aromatic carbocycles. The third-order valence-electron chi connectivity index (χ3n) is 2.31. The highest BCUT2D eigenvalue weighted by molar-refractivity contribution is 5.81. The Morgan fingerprint density at radius 2 is 2.25 bits per heavy atom. The van der Waals surface area contributed by atoms with Crippen LogP contribution in [0.2, 0.25) is 0 Å². The summed E-state index contributed by atoms with van der Waals surface area (Å²) in [5.41, 5.74) is 0. The van der Waals surface area contributed by atoms with Gasteiger partial charge in [0, 0.05) is 6.04 Å². The Bertz CT molecular complexity index is 351. The highest BCUT2D eigenvalue weighted by Gasteiger charge is 2.10. The Kier molecular flexibility index (Phi) is 3.64. The summed E-state index contributed by atoms with van der Waals surface area (Å²) in [6.45, 7) is 4.35. The standard InChI is InChI=1S/C12H17N3O/c1-10-9-14-12(15-10)13-7-8-16-11-5-3-2-4-6-11/h2-6,10H,7-9H2,1H3,(H2,13,14,15). The molecule has 1 atom stereocenters. The van der Waals surface area contributed by atoms with Crippen molar-refractivity contribution in [1.82, 2.24) is 10.6 Å². The summed E-state index contributed by atoms with van der Waals surface area (Å²) in [5, 5.41) is 6.43. The van der Waals surface area contributed by atoms with E-state index in [-0.39, 0.29) is 0 Å². The topological polar surface area (TPSA) is 45.7 Å². The number of hydrogen-bond donors (Lipinski definition) is 2. The van der Waals surface area contributed by atoms with Crippen LogP contribution < -0.4 is 15.4 Å². The molecule has 4 heteroatoms. The number of ether oxygens (including phenoxy) is 1. The molecule has 1 aliphatic rings. The average Bonchev–Trinajstić information content (AvgIpc) is 2.72. The van der Waals surface area contributed by atoms with E-state index in [2.05, 4.69) is 22.5 Å². The quantitative estimate of drug-likeness (QED) is 0.743. The van der Waals surface area contributed by atoms with E-state index in [0.29, 0.717) is 12.6 Å². The van der Waals surface area contributed by atoms with Gasteiger partial charge in [-0.3, -0.25) is 4.99 Å². The zero-order valence-electron chi connectivity index (χ0n) is 9.44. The molecule has 0 fully saturated rings. The number of nitrogens with one attached hydrogen (secondary N) is 2. The van der Waals surface area contributed by atoms with Gasteiger partial charge in [0.05, 0.1) is 13.1 Å². The van der Waals surface area contributed by atoms with Gasteiger partial charge in [0.15, 0.2) is 5.96 Å². The maximum absolute atomic E-state index is 5.55. The summed E-state index contributed by atoms with van der Waals surface area (Å²) in [5.74, 6) is 1.78. The SMILES string of the molecule is CC1CN=C(NCCOc2ccccc2)N1. The molecule has 0 saturated heterocycles. The molecule has 0 aromatic heterocycles. The van der Waals surface area contributed by atoms with E-state index in [1.165, 1.54) is 0 Å². The van der Waals surface area contributed by atoms with Gasteiger partial charge < -0.3 is 15.4 Å². The summed E-state index contributed by atoms with van der Waals surface area (Å²) < 4.78 is 5.55. The van der Waals surface area contributed by atoms with E-state index in [9.17, 15) is 0 Å². The van der Waals surface area contributed by atoms with Crippen LogP contribution in [0.25, 0.3) is 0 Å². The molecule has 2 N–H and O–H groups in total. The average molecular weight is 219 g/mol. The van der Waals surface area contributed by atoms with Crippen molar-refractivity contribution in [3.8, 4) is 5.75 Å². The molecule has 86 valence electrons. The smallest absolute Gasteiger partial charge is 0.191 e. The van der Waals surface area contributed by atoms with Crippen molar-refractivity contribution in [2.24, 2.45) is 4.99 Å². The first kappa shape index (κ1) is 10.8. The number of nitrogens with zero attached hydrogens (tertiary/aromatic N) is 1. The first-order valence-electron chi connectivity index (χ1n) is 5.57. The van der Waals surface area contributed by atoms with Crippen molar-refractivity contribution in [3.63, 3.8) is 0 Å². The third kappa shape index (κ3) is 3.15. The van der Waals surface area contributed by atoms with E-state index in [1.54, 1.807) is 0 Å². The predicted molar refractivity (Wildman–Crippen MR) is 64.8 cm³/mol. The van der Waals surface area contributed by atoms with Crippen LogP contribution in [0, 0.1) is 0 Å². The Morgan fingerprint density at radius 1 is 1.44 bits per heavy atom. The minimum Gasteiger partial charge on any atom is -0.492 e. The first-order valence-corrected chi connectivity index (χ1v) is 5.57. The lowest BCUT2D eigenvalue weighted by molar-refractivity contribution is 0.322. The van der Waals surface area contributed by atoms with Gasteiger partial charge >= 0.3 is 0 Å². The van der Waals surface area contributed by atoms with Gasteiger partial charge in [-0.15, -0.1) is 0 Å². The Balaban J connectivity index is 1.62. The number of guanidine groups is 1. The molecule has 0 saturated carbocycles. The molecule has 1 aromatic rings. The van der Waals surface area contributed by atoms with Gasteiger partial charge in [-0.05, 0) is 19.1 Å². The number of aliphatic imine (C=N–C) groups is 1. The second-order valence-electron chi connectivity index (χ2n) is 3.82. The zero-order valence-corrected chi connectivity index (χ0v) is 9.44. The molecule has 0 aliphatic carbocycles. The van der Waals surface area contributed by atoms with Gasteiger partial charge in [-0.1, -0.05) is 18.2 Å². The Hall–Kier alpha value is -1.71. The van der Waals surface area contributed by atoms with E-state index >= 15 is 0 Å². The van der Waals surface area contributed by atoms with Gasteiger partial charge in [0.1, 0.15) is 12.4 Å². The van der Waals surface area contributed by atoms with Crippen molar-refractivity contribution in [2.75, 3.05) is 19.7 Å². The molecular formula is C12H17N3O. The van der Waals surface area contributed by atoms with Gasteiger partial charge in [-0.2, -0.15) is 0 Å². The molecule has 1 unspecified atom stereocenters. The van der Waals surface area contributed by atoms with Crippen LogP contribution in [0.5, 0.6) is 5.75 Å². The highest BCUT2D eigenvalue weighted by atomic mass is 16.5. The van der Waals surface area contributed by atoms with Crippen LogP contribution in [0.4, 0.5) is 0 Å². The Morgan fingerprint density at radius 3 is 2.94 bits per heavy atom. The van der Waals surface area contributed by atoms with Crippen molar-refractivity contribution in [2.45, 2.75) is 13.0 Å². The fourth-order valence-electron chi connectivity index (χ4n) is 1.51. The monoisotopic (exact) mass is 219 g/mol. The fourth-order valence-corrected chi connectivity index (χ4v) is 1.51. The molecule has 1 heterocycles. The lowest BCUT2D eigenvalue weighted by Gasteiger charge is -2.09. The molecule has 16 heavy (non-hydrogen) atoms. The van der Waals surface area contributed by atoms with Crippen molar-refractivity contribution in [3.05, 3.63) is 30.3 Å².